The van der Waals surface area contributed by atoms with Crippen LogP contribution in [0.15, 0.2) is 41.1 Å². The minimum atomic E-state index is -0.226. The summed E-state index contributed by atoms with van der Waals surface area (Å²) in [5, 5.41) is 3.84. The molecule has 0 spiro atoms. The molecule has 0 radical (unpaired) electrons. The van der Waals surface area contributed by atoms with E-state index in [9.17, 15) is 9.18 Å². The van der Waals surface area contributed by atoms with Crippen molar-refractivity contribution in [3.05, 3.63) is 58.0 Å². The van der Waals surface area contributed by atoms with Crippen molar-refractivity contribution >= 4 is 17.2 Å². The topological polar surface area (TPSA) is 29.5 Å². The molecule has 1 aromatic carbocycles. The summed E-state index contributed by atoms with van der Waals surface area (Å²) in [5.74, 6) is 0.398. The molecule has 1 aromatic heterocycles. The number of amides is 1. The van der Waals surface area contributed by atoms with Crippen LogP contribution in [0, 0.1) is 11.7 Å². The van der Waals surface area contributed by atoms with E-state index in [1.165, 1.54) is 12.1 Å². The normalized spacial score (nSPS) is 15.8. The zero-order valence-corrected chi connectivity index (χ0v) is 13.7. The average molecular weight is 333 g/mol. The van der Waals surface area contributed by atoms with Crippen molar-refractivity contribution in [1.29, 1.82) is 0 Å². The molecule has 1 aliphatic rings. The standard InChI is InChI=1S/C18H20FNO2S/c19-17-3-1-14(2-4-17)11-22-12-15-5-8-20(9-6-15)18(21)16-7-10-23-13-16/h1-4,7,10,13,15H,5-6,8-9,11-12H2. The molecule has 1 fully saturated rings. The van der Waals surface area contributed by atoms with Gasteiger partial charge in [-0.1, -0.05) is 12.1 Å². The molecule has 3 rings (SSSR count). The Kier molecular flexibility index (Phi) is 5.41. The number of likely N-dealkylation sites (tertiary alicyclic amines) is 1. The third-order valence-corrected chi connectivity index (χ3v) is 4.89. The number of carbonyl (C=O) groups is 1. The number of halogens is 1. The van der Waals surface area contributed by atoms with Gasteiger partial charge in [0.25, 0.3) is 5.91 Å². The van der Waals surface area contributed by atoms with E-state index < -0.39 is 0 Å². The van der Waals surface area contributed by atoms with E-state index in [0.717, 1.165) is 37.1 Å². The van der Waals surface area contributed by atoms with Crippen LogP contribution >= 0.6 is 11.3 Å². The first kappa shape index (κ1) is 16.1. The zero-order valence-electron chi connectivity index (χ0n) is 12.9. The number of rotatable bonds is 5. The van der Waals surface area contributed by atoms with E-state index in [-0.39, 0.29) is 11.7 Å². The molecule has 122 valence electrons. The van der Waals surface area contributed by atoms with Gasteiger partial charge >= 0.3 is 0 Å². The smallest absolute Gasteiger partial charge is 0.254 e. The minimum Gasteiger partial charge on any atom is -0.376 e. The van der Waals surface area contributed by atoms with Crippen LogP contribution in [0.2, 0.25) is 0 Å². The maximum atomic E-state index is 12.8. The lowest BCUT2D eigenvalue weighted by Crippen LogP contribution is -2.39. The Hall–Kier alpha value is -1.72. The molecule has 1 aliphatic heterocycles. The fourth-order valence-electron chi connectivity index (χ4n) is 2.80. The number of piperidine rings is 1. The molecule has 3 nitrogen and oxygen atoms in total. The lowest BCUT2D eigenvalue weighted by molar-refractivity contribution is 0.0479. The Morgan fingerprint density at radius 3 is 2.61 bits per heavy atom. The maximum Gasteiger partial charge on any atom is 0.254 e. The minimum absolute atomic E-state index is 0.136. The maximum absolute atomic E-state index is 12.8. The lowest BCUT2D eigenvalue weighted by Gasteiger charge is -2.31. The number of hydrogen-bond donors (Lipinski definition) is 0. The molecule has 0 aliphatic carbocycles. The van der Waals surface area contributed by atoms with Gasteiger partial charge in [0.15, 0.2) is 0 Å². The Morgan fingerprint density at radius 2 is 1.96 bits per heavy atom. The Morgan fingerprint density at radius 1 is 1.22 bits per heavy atom. The molecular formula is C18H20FNO2S. The van der Waals surface area contributed by atoms with Gasteiger partial charge in [-0.2, -0.15) is 11.3 Å². The molecule has 0 atom stereocenters. The van der Waals surface area contributed by atoms with E-state index >= 15 is 0 Å². The van der Waals surface area contributed by atoms with E-state index in [1.54, 1.807) is 23.5 Å². The second-order valence-corrected chi connectivity index (χ2v) is 6.67. The van der Waals surface area contributed by atoms with E-state index in [0.29, 0.717) is 19.1 Å². The van der Waals surface area contributed by atoms with Gasteiger partial charge in [0, 0.05) is 25.1 Å². The van der Waals surface area contributed by atoms with Gasteiger partial charge in [0.2, 0.25) is 0 Å². The number of benzene rings is 1. The van der Waals surface area contributed by atoms with Crippen molar-refractivity contribution < 1.29 is 13.9 Å². The molecule has 23 heavy (non-hydrogen) atoms. The van der Waals surface area contributed by atoms with Crippen LogP contribution in [-0.2, 0) is 11.3 Å². The Balaban J connectivity index is 1.39. The number of hydrogen-bond acceptors (Lipinski definition) is 3. The monoisotopic (exact) mass is 333 g/mol. The van der Waals surface area contributed by atoms with E-state index in [1.807, 2.05) is 21.7 Å². The second-order valence-electron chi connectivity index (χ2n) is 5.89. The molecule has 2 aromatic rings. The van der Waals surface area contributed by atoms with Gasteiger partial charge in [-0.15, -0.1) is 0 Å². The summed E-state index contributed by atoms with van der Waals surface area (Å²) < 4.78 is 18.6. The summed E-state index contributed by atoms with van der Waals surface area (Å²) in [4.78, 5) is 14.2. The first-order chi connectivity index (χ1) is 11.2. The fraction of sp³-hybridized carbons (Fsp3) is 0.389. The first-order valence-electron chi connectivity index (χ1n) is 7.86. The van der Waals surface area contributed by atoms with Crippen molar-refractivity contribution in [2.75, 3.05) is 19.7 Å². The largest absolute Gasteiger partial charge is 0.376 e. The summed E-state index contributed by atoms with van der Waals surface area (Å²) in [6, 6.07) is 8.28. The molecular weight excluding hydrogens is 313 g/mol. The first-order valence-corrected chi connectivity index (χ1v) is 8.80. The van der Waals surface area contributed by atoms with Gasteiger partial charge in [-0.25, -0.2) is 4.39 Å². The highest BCUT2D eigenvalue weighted by Crippen LogP contribution is 2.20. The zero-order chi connectivity index (χ0) is 16.1. The number of carbonyl (C=O) groups excluding carboxylic acids is 1. The summed E-state index contributed by atoms with van der Waals surface area (Å²) >= 11 is 1.55. The highest BCUT2D eigenvalue weighted by Gasteiger charge is 2.23. The summed E-state index contributed by atoms with van der Waals surface area (Å²) in [7, 11) is 0. The van der Waals surface area contributed by atoms with Crippen molar-refractivity contribution in [2.45, 2.75) is 19.4 Å². The molecule has 0 N–H and O–H groups in total. The summed E-state index contributed by atoms with van der Waals surface area (Å²) in [5.41, 5.74) is 1.78. The lowest BCUT2D eigenvalue weighted by atomic mass is 9.97. The molecule has 0 unspecified atom stereocenters. The molecule has 1 amide bonds. The third kappa shape index (κ3) is 4.39. The number of ether oxygens (including phenoxy) is 1. The average Bonchev–Trinajstić information content (AvgIpc) is 3.11. The SMILES string of the molecule is O=C(c1ccsc1)N1CCC(COCc2ccc(F)cc2)CC1. The van der Waals surface area contributed by atoms with Gasteiger partial charge in [-0.05, 0) is 47.9 Å². The van der Waals surface area contributed by atoms with Crippen molar-refractivity contribution in [1.82, 2.24) is 4.90 Å². The van der Waals surface area contributed by atoms with E-state index in [2.05, 4.69) is 0 Å². The van der Waals surface area contributed by atoms with Gasteiger partial charge < -0.3 is 9.64 Å². The van der Waals surface area contributed by atoms with Gasteiger partial charge in [-0.3, -0.25) is 4.79 Å². The number of thiophene rings is 1. The fourth-order valence-corrected chi connectivity index (χ4v) is 3.43. The van der Waals surface area contributed by atoms with Gasteiger partial charge in [0.1, 0.15) is 5.82 Å². The highest BCUT2D eigenvalue weighted by molar-refractivity contribution is 7.08. The molecule has 5 heteroatoms. The van der Waals surface area contributed by atoms with Crippen LogP contribution < -0.4 is 0 Å². The van der Waals surface area contributed by atoms with Crippen LogP contribution in [0.4, 0.5) is 4.39 Å². The molecule has 2 heterocycles. The van der Waals surface area contributed by atoms with Gasteiger partial charge in [0.05, 0.1) is 12.2 Å². The quantitative estimate of drug-likeness (QED) is 0.829. The predicted molar refractivity (Wildman–Crippen MR) is 89.0 cm³/mol. The Bertz CT molecular complexity index is 619. The van der Waals surface area contributed by atoms with Crippen LogP contribution in [0.25, 0.3) is 0 Å². The van der Waals surface area contributed by atoms with Crippen molar-refractivity contribution in [3.8, 4) is 0 Å². The summed E-state index contributed by atoms with van der Waals surface area (Å²) in [6.45, 7) is 2.78. The highest BCUT2D eigenvalue weighted by atomic mass is 32.1. The predicted octanol–water partition coefficient (Wildman–Crippen LogP) is 3.96. The van der Waals surface area contributed by atoms with Crippen molar-refractivity contribution in [3.63, 3.8) is 0 Å². The Labute approximate surface area is 139 Å². The second kappa shape index (κ2) is 7.70. The molecule has 0 saturated carbocycles. The molecule has 0 bridgehead atoms. The molecule has 1 saturated heterocycles. The van der Waals surface area contributed by atoms with Crippen LogP contribution in [0.3, 0.4) is 0 Å². The summed E-state index contributed by atoms with van der Waals surface area (Å²) in [6.07, 6.45) is 1.94. The third-order valence-electron chi connectivity index (χ3n) is 4.21. The van der Waals surface area contributed by atoms with Crippen LogP contribution in [-0.4, -0.2) is 30.5 Å². The van der Waals surface area contributed by atoms with Crippen LogP contribution in [0.1, 0.15) is 28.8 Å². The van der Waals surface area contributed by atoms with Crippen LogP contribution in [0.5, 0.6) is 0 Å². The van der Waals surface area contributed by atoms with Crippen molar-refractivity contribution in [2.24, 2.45) is 5.92 Å². The number of nitrogens with zero attached hydrogens (tertiary/aromatic N) is 1. The van der Waals surface area contributed by atoms with E-state index in [4.69, 9.17) is 4.74 Å².